The van der Waals surface area contributed by atoms with Gasteiger partial charge < -0.3 is 25.1 Å². The summed E-state index contributed by atoms with van der Waals surface area (Å²) in [5.74, 6) is -0.625. The zero-order chi connectivity index (χ0) is 11.7. The van der Waals surface area contributed by atoms with Gasteiger partial charge in [0.25, 0.3) is 0 Å². The van der Waals surface area contributed by atoms with Crippen molar-refractivity contribution in [3.05, 3.63) is 0 Å². The highest BCUT2D eigenvalue weighted by Crippen LogP contribution is 1.92. The van der Waals surface area contributed by atoms with Gasteiger partial charge in [-0.25, -0.2) is 0 Å². The van der Waals surface area contributed by atoms with E-state index >= 15 is 0 Å². The number of methoxy groups -OCH3 is 1. The minimum Gasteiger partial charge on any atom is -0.462 e. The summed E-state index contributed by atoms with van der Waals surface area (Å²) in [6, 6.07) is -0.996. The fraction of sp³-hybridized carbons (Fsp3) is 0.889. The number of ether oxygens (including phenoxy) is 3. The predicted octanol–water partition coefficient (Wildman–Crippen LogP) is -1.10. The second-order valence-electron chi connectivity index (χ2n) is 3.04. The molecule has 0 aromatic carbocycles. The SMILES string of the molecule is COCCOCCOC(=O)[C@@H](N)C(C)O. The molecule has 0 amide bonds. The Kier molecular flexibility index (Phi) is 8.21. The van der Waals surface area contributed by atoms with E-state index in [0.717, 1.165) is 0 Å². The topological polar surface area (TPSA) is 91.0 Å². The molecule has 0 aromatic rings. The number of hydrogen-bond acceptors (Lipinski definition) is 6. The lowest BCUT2D eigenvalue weighted by Gasteiger charge is -2.13. The highest BCUT2D eigenvalue weighted by molar-refractivity contribution is 5.76. The van der Waals surface area contributed by atoms with Crippen LogP contribution in [0.15, 0.2) is 0 Å². The van der Waals surface area contributed by atoms with E-state index in [1.807, 2.05) is 0 Å². The van der Waals surface area contributed by atoms with E-state index in [9.17, 15) is 4.79 Å². The molecule has 6 nitrogen and oxygen atoms in total. The number of nitrogens with two attached hydrogens (primary N) is 1. The number of aliphatic hydroxyl groups excluding tert-OH is 1. The molecule has 0 aliphatic carbocycles. The molecule has 0 heterocycles. The van der Waals surface area contributed by atoms with E-state index in [1.54, 1.807) is 7.11 Å². The number of esters is 1. The van der Waals surface area contributed by atoms with Crippen LogP contribution in [0.25, 0.3) is 0 Å². The van der Waals surface area contributed by atoms with Gasteiger partial charge in [0.2, 0.25) is 0 Å². The smallest absolute Gasteiger partial charge is 0.325 e. The highest BCUT2D eigenvalue weighted by atomic mass is 16.6. The second-order valence-corrected chi connectivity index (χ2v) is 3.04. The van der Waals surface area contributed by atoms with Gasteiger partial charge in [-0.2, -0.15) is 0 Å². The molecule has 0 bridgehead atoms. The van der Waals surface area contributed by atoms with E-state index < -0.39 is 18.1 Å². The van der Waals surface area contributed by atoms with Crippen molar-refractivity contribution in [2.75, 3.05) is 33.5 Å². The molecule has 3 N–H and O–H groups in total. The van der Waals surface area contributed by atoms with Gasteiger partial charge in [0.15, 0.2) is 0 Å². The maximum absolute atomic E-state index is 11.1. The van der Waals surface area contributed by atoms with Gasteiger partial charge >= 0.3 is 5.97 Å². The Morgan fingerprint density at radius 2 is 1.93 bits per heavy atom. The maximum atomic E-state index is 11.1. The molecule has 2 atom stereocenters. The van der Waals surface area contributed by atoms with Gasteiger partial charge in [-0.05, 0) is 6.92 Å². The summed E-state index contributed by atoms with van der Waals surface area (Å²) in [6.07, 6.45) is -0.910. The van der Waals surface area contributed by atoms with Crippen LogP contribution in [-0.4, -0.2) is 56.8 Å². The van der Waals surface area contributed by atoms with E-state index in [2.05, 4.69) is 0 Å². The van der Waals surface area contributed by atoms with Crippen LogP contribution in [0.4, 0.5) is 0 Å². The van der Waals surface area contributed by atoms with Crippen LogP contribution in [0.3, 0.4) is 0 Å². The lowest BCUT2D eigenvalue weighted by Crippen LogP contribution is -2.41. The molecule has 0 rings (SSSR count). The minimum atomic E-state index is -0.996. The lowest BCUT2D eigenvalue weighted by molar-refractivity contribution is -0.149. The zero-order valence-electron chi connectivity index (χ0n) is 9.14. The predicted molar refractivity (Wildman–Crippen MR) is 53.3 cm³/mol. The fourth-order valence-corrected chi connectivity index (χ4v) is 0.739. The van der Waals surface area contributed by atoms with Crippen LogP contribution in [0.1, 0.15) is 6.92 Å². The summed E-state index contributed by atoms with van der Waals surface area (Å²) in [5.41, 5.74) is 5.34. The monoisotopic (exact) mass is 221 g/mol. The molecule has 15 heavy (non-hydrogen) atoms. The average Bonchev–Trinajstić information content (AvgIpc) is 2.21. The molecule has 6 heteroatoms. The molecule has 0 fully saturated rings. The first-order chi connectivity index (χ1) is 7.09. The quantitative estimate of drug-likeness (QED) is 0.399. The average molecular weight is 221 g/mol. The third kappa shape index (κ3) is 7.26. The molecule has 0 aliphatic rings. The Morgan fingerprint density at radius 3 is 2.47 bits per heavy atom. The minimum absolute atomic E-state index is 0.128. The van der Waals surface area contributed by atoms with Crippen molar-refractivity contribution in [3.8, 4) is 0 Å². The third-order valence-corrected chi connectivity index (χ3v) is 1.70. The van der Waals surface area contributed by atoms with Crippen molar-refractivity contribution < 1.29 is 24.1 Å². The number of carbonyl (C=O) groups is 1. The Hall–Kier alpha value is -0.690. The number of carbonyl (C=O) groups excluding carboxylic acids is 1. The normalized spacial score (nSPS) is 14.7. The van der Waals surface area contributed by atoms with Gasteiger partial charge in [0.05, 0.1) is 25.9 Å². The molecular weight excluding hydrogens is 202 g/mol. The lowest BCUT2D eigenvalue weighted by atomic mass is 10.2. The van der Waals surface area contributed by atoms with Crippen molar-refractivity contribution in [1.82, 2.24) is 0 Å². The first kappa shape index (κ1) is 14.3. The fourth-order valence-electron chi connectivity index (χ4n) is 0.739. The number of hydrogen-bond donors (Lipinski definition) is 2. The van der Waals surface area contributed by atoms with E-state index in [-0.39, 0.29) is 6.61 Å². The molecule has 0 aromatic heterocycles. The van der Waals surface area contributed by atoms with Crippen LogP contribution in [0, 0.1) is 0 Å². The molecule has 1 unspecified atom stereocenters. The standard InChI is InChI=1S/C9H19NO5/c1-7(11)8(10)9(12)15-6-5-14-4-3-13-2/h7-8,11H,3-6,10H2,1-2H3/t7?,8-/m0/s1. The van der Waals surface area contributed by atoms with Crippen molar-refractivity contribution in [3.63, 3.8) is 0 Å². The molecule has 0 saturated carbocycles. The van der Waals surface area contributed by atoms with Crippen LogP contribution in [0.2, 0.25) is 0 Å². The molecular formula is C9H19NO5. The summed E-state index contributed by atoms with van der Waals surface area (Å²) in [4.78, 5) is 11.1. The Bertz CT molecular complexity index is 174. The van der Waals surface area contributed by atoms with Crippen molar-refractivity contribution in [1.29, 1.82) is 0 Å². The highest BCUT2D eigenvalue weighted by Gasteiger charge is 2.19. The summed E-state index contributed by atoms with van der Waals surface area (Å²) < 4.78 is 14.6. The summed E-state index contributed by atoms with van der Waals surface area (Å²) >= 11 is 0. The molecule has 0 aliphatic heterocycles. The van der Waals surface area contributed by atoms with Gasteiger partial charge in [-0.3, -0.25) is 4.79 Å². The summed E-state index contributed by atoms with van der Waals surface area (Å²) in [7, 11) is 1.57. The Morgan fingerprint density at radius 1 is 1.33 bits per heavy atom. The first-order valence-corrected chi connectivity index (χ1v) is 4.76. The van der Waals surface area contributed by atoms with Crippen LogP contribution < -0.4 is 5.73 Å². The Labute approximate surface area is 89.3 Å². The third-order valence-electron chi connectivity index (χ3n) is 1.70. The van der Waals surface area contributed by atoms with E-state index in [1.165, 1.54) is 6.92 Å². The van der Waals surface area contributed by atoms with Crippen molar-refractivity contribution in [2.45, 2.75) is 19.1 Å². The summed E-state index contributed by atoms with van der Waals surface area (Å²) in [5, 5.41) is 8.99. The van der Waals surface area contributed by atoms with Crippen molar-refractivity contribution >= 4 is 5.97 Å². The number of aliphatic hydroxyl groups is 1. The van der Waals surface area contributed by atoms with Gasteiger partial charge in [0, 0.05) is 7.11 Å². The largest absolute Gasteiger partial charge is 0.462 e. The molecule has 0 saturated heterocycles. The van der Waals surface area contributed by atoms with Gasteiger partial charge in [-0.1, -0.05) is 0 Å². The maximum Gasteiger partial charge on any atom is 0.325 e. The first-order valence-electron chi connectivity index (χ1n) is 4.76. The van der Waals surface area contributed by atoms with Crippen LogP contribution in [0.5, 0.6) is 0 Å². The Balaban J connectivity index is 3.39. The molecule has 0 radical (unpaired) electrons. The van der Waals surface area contributed by atoms with Gasteiger partial charge in [-0.15, -0.1) is 0 Å². The van der Waals surface area contributed by atoms with Crippen molar-refractivity contribution in [2.24, 2.45) is 5.73 Å². The second kappa shape index (κ2) is 8.60. The zero-order valence-corrected chi connectivity index (χ0v) is 9.14. The van der Waals surface area contributed by atoms with E-state index in [0.29, 0.717) is 19.8 Å². The summed E-state index contributed by atoms with van der Waals surface area (Å²) in [6.45, 7) is 2.81. The van der Waals surface area contributed by atoms with E-state index in [4.69, 9.17) is 25.1 Å². The molecule has 90 valence electrons. The van der Waals surface area contributed by atoms with Gasteiger partial charge in [0.1, 0.15) is 12.6 Å². The molecule has 0 spiro atoms. The van der Waals surface area contributed by atoms with Crippen LogP contribution >= 0.6 is 0 Å². The number of rotatable bonds is 8. The van der Waals surface area contributed by atoms with Crippen LogP contribution in [-0.2, 0) is 19.0 Å².